The normalized spacial score (nSPS) is 19.6. The maximum atomic E-state index is 12.8. The first kappa shape index (κ1) is 18.2. The Labute approximate surface area is 154 Å². The van der Waals surface area contributed by atoms with Gasteiger partial charge in [0, 0.05) is 44.6 Å². The molecule has 0 radical (unpaired) electrons. The SMILES string of the molecule is CC(Br)CCn1c(N2CCCC(N)C2)nc2c1c(=O)n(C)c(=O)n2C. The Balaban J connectivity index is 2.23. The van der Waals surface area contributed by atoms with Gasteiger partial charge in [-0.2, -0.15) is 4.98 Å². The van der Waals surface area contributed by atoms with E-state index < -0.39 is 0 Å². The van der Waals surface area contributed by atoms with Gasteiger partial charge in [-0.3, -0.25) is 13.9 Å². The Kier molecular flexibility index (Phi) is 5.06. The van der Waals surface area contributed by atoms with Crippen LogP contribution in [0.5, 0.6) is 0 Å². The molecule has 8 nitrogen and oxygen atoms in total. The fourth-order valence-electron chi connectivity index (χ4n) is 3.39. The number of fused-ring (bicyclic) bond motifs is 1. The maximum absolute atomic E-state index is 12.8. The van der Waals surface area contributed by atoms with Crippen molar-refractivity contribution < 1.29 is 0 Å². The molecule has 0 aliphatic carbocycles. The topological polar surface area (TPSA) is 91.1 Å². The predicted molar refractivity (Wildman–Crippen MR) is 103 cm³/mol. The van der Waals surface area contributed by atoms with Crippen LogP contribution in [-0.2, 0) is 20.6 Å². The molecule has 0 aromatic carbocycles. The van der Waals surface area contributed by atoms with Gasteiger partial charge >= 0.3 is 5.69 Å². The van der Waals surface area contributed by atoms with Crippen LogP contribution in [0.15, 0.2) is 9.59 Å². The summed E-state index contributed by atoms with van der Waals surface area (Å²) in [5.41, 5.74) is 6.37. The first-order chi connectivity index (χ1) is 11.8. The molecule has 25 heavy (non-hydrogen) atoms. The zero-order valence-corrected chi connectivity index (χ0v) is 16.5. The number of nitrogens with two attached hydrogens (primary N) is 1. The van der Waals surface area contributed by atoms with Crippen LogP contribution in [0.3, 0.4) is 0 Å². The number of hydrogen-bond acceptors (Lipinski definition) is 5. The van der Waals surface area contributed by atoms with Crippen molar-refractivity contribution in [2.75, 3.05) is 18.0 Å². The molecule has 1 saturated heterocycles. The van der Waals surface area contributed by atoms with Gasteiger partial charge < -0.3 is 15.2 Å². The van der Waals surface area contributed by atoms with E-state index in [-0.39, 0.29) is 17.3 Å². The second-order valence-electron chi connectivity index (χ2n) is 6.86. The molecule has 9 heteroatoms. The highest BCUT2D eigenvalue weighted by Gasteiger charge is 2.25. The third-order valence-corrected chi connectivity index (χ3v) is 5.28. The molecule has 1 aliphatic rings. The van der Waals surface area contributed by atoms with Crippen LogP contribution < -0.4 is 21.9 Å². The molecule has 0 spiro atoms. The average Bonchev–Trinajstić information content (AvgIpc) is 2.96. The molecule has 0 bridgehead atoms. The Morgan fingerprint density at radius 3 is 2.68 bits per heavy atom. The third-order valence-electron chi connectivity index (χ3n) is 4.82. The summed E-state index contributed by atoms with van der Waals surface area (Å²) in [5.74, 6) is 0.733. The zero-order chi connectivity index (χ0) is 18.3. The van der Waals surface area contributed by atoms with E-state index in [2.05, 4.69) is 32.7 Å². The van der Waals surface area contributed by atoms with Crippen LogP contribution in [0, 0.1) is 0 Å². The van der Waals surface area contributed by atoms with Crippen molar-refractivity contribution in [3.63, 3.8) is 0 Å². The monoisotopic (exact) mass is 412 g/mol. The standard InChI is InChI=1S/C16H25BrN6O2/c1-10(17)6-8-23-12-13(20(2)16(25)21(3)14(12)24)19-15(23)22-7-4-5-11(18)9-22/h10-11H,4-9,18H2,1-3H3. The van der Waals surface area contributed by atoms with Crippen LogP contribution in [0.4, 0.5) is 5.95 Å². The fourth-order valence-corrected chi connectivity index (χ4v) is 3.59. The van der Waals surface area contributed by atoms with Crippen LogP contribution in [-0.4, -0.2) is 42.6 Å². The highest BCUT2D eigenvalue weighted by atomic mass is 79.9. The lowest BCUT2D eigenvalue weighted by Gasteiger charge is -2.32. The number of aromatic nitrogens is 4. The molecule has 2 N–H and O–H groups in total. The predicted octanol–water partition coefficient (Wildman–Crippen LogP) is 0.535. The fraction of sp³-hybridized carbons (Fsp3) is 0.688. The number of nitrogens with zero attached hydrogens (tertiary/aromatic N) is 5. The molecule has 0 saturated carbocycles. The van der Waals surface area contributed by atoms with E-state index in [1.165, 1.54) is 11.6 Å². The minimum atomic E-state index is -0.363. The van der Waals surface area contributed by atoms with Crippen molar-refractivity contribution in [2.24, 2.45) is 19.8 Å². The maximum Gasteiger partial charge on any atom is 0.332 e. The number of aryl methyl sites for hydroxylation is 2. The van der Waals surface area contributed by atoms with Gasteiger partial charge in [0.25, 0.3) is 5.56 Å². The second-order valence-corrected chi connectivity index (χ2v) is 8.42. The lowest BCUT2D eigenvalue weighted by molar-refractivity contribution is 0.492. The van der Waals surface area contributed by atoms with E-state index in [9.17, 15) is 9.59 Å². The second kappa shape index (κ2) is 6.95. The zero-order valence-electron chi connectivity index (χ0n) is 14.9. The summed E-state index contributed by atoms with van der Waals surface area (Å²) in [6.45, 7) is 4.29. The molecule has 3 heterocycles. The number of halogens is 1. The summed E-state index contributed by atoms with van der Waals surface area (Å²) in [5, 5.41) is 0. The first-order valence-corrected chi connectivity index (χ1v) is 9.53. The summed E-state index contributed by atoms with van der Waals surface area (Å²) in [7, 11) is 3.16. The van der Waals surface area contributed by atoms with E-state index in [1.54, 1.807) is 7.05 Å². The Morgan fingerprint density at radius 1 is 1.32 bits per heavy atom. The van der Waals surface area contributed by atoms with Crippen LogP contribution >= 0.6 is 15.9 Å². The smallest absolute Gasteiger partial charge is 0.332 e. The quantitative estimate of drug-likeness (QED) is 0.739. The van der Waals surface area contributed by atoms with Gasteiger partial charge in [0.1, 0.15) is 0 Å². The lowest BCUT2D eigenvalue weighted by Crippen LogP contribution is -2.44. The Bertz CT molecular complexity index is 897. The van der Waals surface area contributed by atoms with Crippen molar-refractivity contribution in [1.82, 2.24) is 18.7 Å². The first-order valence-electron chi connectivity index (χ1n) is 8.62. The molecule has 138 valence electrons. The number of alkyl halides is 1. The van der Waals surface area contributed by atoms with Crippen molar-refractivity contribution in [3.05, 3.63) is 20.8 Å². The number of piperidine rings is 1. The van der Waals surface area contributed by atoms with E-state index in [0.717, 1.165) is 36.3 Å². The molecule has 2 atom stereocenters. The summed E-state index contributed by atoms with van der Waals surface area (Å²) in [6, 6.07) is 0.101. The molecule has 1 fully saturated rings. The van der Waals surface area contributed by atoms with Gasteiger partial charge in [-0.1, -0.05) is 22.9 Å². The van der Waals surface area contributed by atoms with E-state index in [1.807, 2.05) is 4.57 Å². The average molecular weight is 413 g/mol. The third kappa shape index (κ3) is 3.27. The van der Waals surface area contributed by atoms with Crippen molar-refractivity contribution in [1.29, 1.82) is 0 Å². The summed E-state index contributed by atoms with van der Waals surface area (Å²) in [4.78, 5) is 32.1. The molecular formula is C16H25BrN6O2. The van der Waals surface area contributed by atoms with Gasteiger partial charge in [-0.05, 0) is 19.3 Å². The number of hydrogen-bond donors (Lipinski definition) is 1. The van der Waals surface area contributed by atoms with Gasteiger partial charge in [0.15, 0.2) is 11.2 Å². The summed E-state index contributed by atoms with van der Waals surface area (Å²) >= 11 is 3.57. The van der Waals surface area contributed by atoms with Crippen LogP contribution in [0.25, 0.3) is 11.2 Å². The molecule has 2 unspecified atom stereocenters. The lowest BCUT2D eigenvalue weighted by atomic mass is 10.1. The highest BCUT2D eigenvalue weighted by Crippen LogP contribution is 2.24. The minimum Gasteiger partial charge on any atom is -0.341 e. The number of rotatable bonds is 4. The molecule has 0 amide bonds. The Hall–Kier alpha value is -1.61. The van der Waals surface area contributed by atoms with Gasteiger partial charge in [0.05, 0.1) is 0 Å². The van der Waals surface area contributed by atoms with Crippen LogP contribution in [0.1, 0.15) is 26.2 Å². The van der Waals surface area contributed by atoms with Gasteiger partial charge in [-0.15, -0.1) is 0 Å². The van der Waals surface area contributed by atoms with Crippen molar-refractivity contribution in [2.45, 2.75) is 43.6 Å². The summed E-state index contributed by atoms with van der Waals surface area (Å²) < 4.78 is 4.54. The van der Waals surface area contributed by atoms with Gasteiger partial charge in [0.2, 0.25) is 5.95 Å². The molecule has 3 rings (SSSR count). The van der Waals surface area contributed by atoms with E-state index in [4.69, 9.17) is 5.73 Å². The van der Waals surface area contributed by atoms with E-state index in [0.29, 0.717) is 29.1 Å². The van der Waals surface area contributed by atoms with E-state index >= 15 is 0 Å². The van der Waals surface area contributed by atoms with Crippen molar-refractivity contribution in [3.8, 4) is 0 Å². The molecular weight excluding hydrogens is 388 g/mol. The molecule has 2 aromatic rings. The largest absolute Gasteiger partial charge is 0.341 e. The van der Waals surface area contributed by atoms with Crippen LogP contribution in [0.2, 0.25) is 0 Å². The number of anilines is 1. The molecule has 2 aromatic heterocycles. The Morgan fingerprint density at radius 2 is 2.04 bits per heavy atom. The highest BCUT2D eigenvalue weighted by molar-refractivity contribution is 9.09. The van der Waals surface area contributed by atoms with Crippen molar-refractivity contribution >= 4 is 33.0 Å². The minimum absolute atomic E-state index is 0.101. The van der Waals surface area contributed by atoms with Gasteiger partial charge in [-0.25, -0.2) is 4.79 Å². The molecule has 1 aliphatic heterocycles. The number of imidazole rings is 1. The summed E-state index contributed by atoms with van der Waals surface area (Å²) in [6.07, 6.45) is 2.84.